The Balaban J connectivity index is 1.97. The SMILES string of the molecule is CC[C@H]1[NH2+]CC[C@H]1Cc1ccccc1. The number of rotatable bonds is 3. The van der Waals surface area contributed by atoms with Crippen LogP contribution >= 0.6 is 0 Å². The molecule has 0 saturated carbocycles. The molecule has 0 spiro atoms. The van der Waals surface area contributed by atoms with E-state index in [0.29, 0.717) is 0 Å². The Kier molecular flexibility index (Phi) is 3.20. The zero-order valence-electron chi connectivity index (χ0n) is 8.95. The Morgan fingerprint density at radius 3 is 2.79 bits per heavy atom. The van der Waals surface area contributed by atoms with E-state index in [1.807, 2.05) is 0 Å². The summed E-state index contributed by atoms with van der Waals surface area (Å²) >= 11 is 0. The first-order chi connectivity index (χ1) is 6.90. The van der Waals surface area contributed by atoms with E-state index in [4.69, 9.17) is 0 Å². The van der Waals surface area contributed by atoms with E-state index < -0.39 is 0 Å². The number of nitrogens with two attached hydrogens (primary N) is 1. The van der Waals surface area contributed by atoms with E-state index in [-0.39, 0.29) is 0 Å². The van der Waals surface area contributed by atoms with Gasteiger partial charge in [-0.2, -0.15) is 0 Å². The highest BCUT2D eigenvalue weighted by Gasteiger charge is 2.28. The molecule has 0 unspecified atom stereocenters. The molecule has 2 atom stereocenters. The van der Waals surface area contributed by atoms with Crippen molar-refractivity contribution < 1.29 is 5.32 Å². The van der Waals surface area contributed by atoms with Gasteiger partial charge in [0, 0.05) is 12.3 Å². The van der Waals surface area contributed by atoms with E-state index in [1.165, 1.54) is 31.4 Å². The third kappa shape index (κ3) is 2.16. The van der Waals surface area contributed by atoms with Crippen LogP contribution in [0.25, 0.3) is 0 Å². The summed E-state index contributed by atoms with van der Waals surface area (Å²) in [6.07, 6.45) is 3.99. The largest absolute Gasteiger partial charge is 0.344 e. The van der Waals surface area contributed by atoms with Gasteiger partial charge in [0.25, 0.3) is 0 Å². The van der Waals surface area contributed by atoms with Gasteiger partial charge in [0.05, 0.1) is 12.6 Å². The molecule has 1 saturated heterocycles. The summed E-state index contributed by atoms with van der Waals surface area (Å²) in [5.74, 6) is 0.905. The van der Waals surface area contributed by atoms with Gasteiger partial charge < -0.3 is 5.32 Å². The summed E-state index contributed by atoms with van der Waals surface area (Å²) in [4.78, 5) is 0. The molecule has 1 fully saturated rings. The second kappa shape index (κ2) is 4.61. The topological polar surface area (TPSA) is 16.6 Å². The first-order valence-electron chi connectivity index (χ1n) is 5.77. The Morgan fingerprint density at radius 2 is 2.07 bits per heavy atom. The Hall–Kier alpha value is -0.820. The minimum Gasteiger partial charge on any atom is -0.344 e. The fourth-order valence-corrected chi connectivity index (χ4v) is 2.60. The smallest absolute Gasteiger partial charge is 0.0890 e. The van der Waals surface area contributed by atoms with E-state index >= 15 is 0 Å². The average Bonchev–Trinajstić information content (AvgIpc) is 2.67. The molecule has 1 aliphatic heterocycles. The van der Waals surface area contributed by atoms with Crippen molar-refractivity contribution in [2.24, 2.45) is 5.92 Å². The molecule has 1 heteroatoms. The maximum atomic E-state index is 2.52. The van der Waals surface area contributed by atoms with Gasteiger partial charge in [-0.05, 0) is 18.4 Å². The van der Waals surface area contributed by atoms with Gasteiger partial charge in [-0.15, -0.1) is 0 Å². The monoisotopic (exact) mass is 190 g/mol. The summed E-state index contributed by atoms with van der Waals surface area (Å²) < 4.78 is 0. The first kappa shape index (κ1) is 9.72. The molecule has 76 valence electrons. The lowest BCUT2D eigenvalue weighted by molar-refractivity contribution is -0.673. The van der Waals surface area contributed by atoms with E-state index in [0.717, 1.165) is 12.0 Å². The third-order valence-electron chi connectivity index (χ3n) is 3.42. The molecule has 0 aromatic heterocycles. The lowest BCUT2D eigenvalue weighted by Gasteiger charge is -2.14. The molecule has 2 N–H and O–H groups in total. The Labute approximate surface area is 86.5 Å². The van der Waals surface area contributed by atoms with E-state index in [1.54, 1.807) is 0 Å². The molecule has 1 aromatic carbocycles. The number of hydrogen-bond acceptors (Lipinski definition) is 0. The van der Waals surface area contributed by atoms with Gasteiger partial charge in [-0.3, -0.25) is 0 Å². The van der Waals surface area contributed by atoms with Crippen LogP contribution in [0.4, 0.5) is 0 Å². The Bertz CT molecular complexity index is 268. The summed E-state index contributed by atoms with van der Waals surface area (Å²) in [6.45, 7) is 3.64. The maximum absolute atomic E-state index is 2.52. The van der Waals surface area contributed by atoms with Crippen molar-refractivity contribution in [3.8, 4) is 0 Å². The minimum absolute atomic E-state index is 0.871. The molecule has 0 bridgehead atoms. The van der Waals surface area contributed by atoms with Crippen LogP contribution in [0.2, 0.25) is 0 Å². The van der Waals surface area contributed by atoms with Crippen LogP contribution in [-0.4, -0.2) is 12.6 Å². The van der Waals surface area contributed by atoms with Gasteiger partial charge in [0.15, 0.2) is 0 Å². The van der Waals surface area contributed by atoms with Crippen LogP contribution in [0.15, 0.2) is 30.3 Å². The molecule has 0 radical (unpaired) electrons. The second-order valence-electron chi connectivity index (χ2n) is 4.33. The van der Waals surface area contributed by atoms with Crippen molar-refractivity contribution in [2.75, 3.05) is 6.54 Å². The van der Waals surface area contributed by atoms with Gasteiger partial charge >= 0.3 is 0 Å². The van der Waals surface area contributed by atoms with Crippen LogP contribution in [0.1, 0.15) is 25.3 Å². The first-order valence-corrected chi connectivity index (χ1v) is 5.77. The standard InChI is InChI=1S/C13H19N/c1-2-13-12(8-9-14-13)10-11-6-4-3-5-7-11/h3-7,12-14H,2,8-10H2,1H3/p+1/t12-,13+/m0/s1. The van der Waals surface area contributed by atoms with Gasteiger partial charge in [-0.1, -0.05) is 37.3 Å². The second-order valence-corrected chi connectivity index (χ2v) is 4.33. The van der Waals surface area contributed by atoms with Crippen LogP contribution in [0, 0.1) is 5.92 Å². The van der Waals surface area contributed by atoms with E-state index in [9.17, 15) is 0 Å². The van der Waals surface area contributed by atoms with Gasteiger partial charge in [-0.25, -0.2) is 0 Å². The molecule has 1 aliphatic rings. The van der Waals surface area contributed by atoms with E-state index in [2.05, 4.69) is 42.6 Å². The highest BCUT2D eigenvalue weighted by Crippen LogP contribution is 2.18. The molecule has 0 aliphatic carbocycles. The van der Waals surface area contributed by atoms with Gasteiger partial charge in [0.1, 0.15) is 0 Å². The quantitative estimate of drug-likeness (QED) is 0.745. The van der Waals surface area contributed by atoms with Crippen molar-refractivity contribution in [3.05, 3.63) is 35.9 Å². The van der Waals surface area contributed by atoms with Crippen LogP contribution in [0.3, 0.4) is 0 Å². The minimum atomic E-state index is 0.871. The normalized spacial score (nSPS) is 26.6. The van der Waals surface area contributed by atoms with Crippen molar-refractivity contribution in [1.82, 2.24) is 0 Å². The zero-order chi connectivity index (χ0) is 9.80. The molecular weight excluding hydrogens is 170 g/mol. The summed E-state index contributed by atoms with van der Waals surface area (Å²) in [7, 11) is 0. The summed E-state index contributed by atoms with van der Waals surface area (Å²) in [6, 6.07) is 11.8. The highest BCUT2D eigenvalue weighted by molar-refractivity contribution is 5.15. The zero-order valence-corrected chi connectivity index (χ0v) is 8.95. The van der Waals surface area contributed by atoms with Crippen LogP contribution in [0.5, 0.6) is 0 Å². The molecule has 0 amide bonds. The average molecular weight is 190 g/mol. The van der Waals surface area contributed by atoms with Crippen molar-refractivity contribution in [2.45, 2.75) is 32.2 Å². The fourth-order valence-electron chi connectivity index (χ4n) is 2.60. The molecule has 2 rings (SSSR count). The van der Waals surface area contributed by atoms with Gasteiger partial charge in [0.2, 0.25) is 0 Å². The van der Waals surface area contributed by atoms with Crippen LogP contribution < -0.4 is 5.32 Å². The maximum Gasteiger partial charge on any atom is 0.0890 e. The molecule has 14 heavy (non-hydrogen) atoms. The predicted molar refractivity (Wildman–Crippen MR) is 59.1 cm³/mol. The lowest BCUT2D eigenvalue weighted by Crippen LogP contribution is -2.87. The lowest BCUT2D eigenvalue weighted by atomic mass is 9.91. The molecule has 1 heterocycles. The Morgan fingerprint density at radius 1 is 1.29 bits per heavy atom. The highest BCUT2D eigenvalue weighted by atomic mass is 14.9. The molecule has 1 aromatic rings. The number of quaternary nitrogens is 1. The molecular formula is C13H20N+. The summed E-state index contributed by atoms with van der Waals surface area (Å²) in [5.41, 5.74) is 1.51. The fraction of sp³-hybridized carbons (Fsp3) is 0.538. The number of benzene rings is 1. The predicted octanol–water partition coefficient (Wildman–Crippen LogP) is 1.59. The van der Waals surface area contributed by atoms with Crippen molar-refractivity contribution >= 4 is 0 Å². The molecule has 1 nitrogen and oxygen atoms in total. The number of hydrogen-bond donors (Lipinski definition) is 1. The third-order valence-corrected chi connectivity index (χ3v) is 3.42. The van der Waals surface area contributed by atoms with Crippen molar-refractivity contribution in [3.63, 3.8) is 0 Å². The van der Waals surface area contributed by atoms with Crippen molar-refractivity contribution in [1.29, 1.82) is 0 Å². The van der Waals surface area contributed by atoms with Crippen LogP contribution in [-0.2, 0) is 6.42 Å². The summed E-state index contributed by atoms with van der Waals surface area (Å²) in [5, 5.41) is 2.52.